The van der Waals surface area contributed by atoms with E-state index in [9.17, 15) is 14.7 Å². The molecule has 3 rings (SSSR count). The second-order valence-electron chi connectivity index (χ2n) is 6.51. The van der Waals surface area contributed by atoms with Crippen molar-refractivity contribution in [1.29, 1.82) is 0 Å². The Hall–Kier alpha value is -2.34. The Morgan fingerprint density at radius 1 is 1.04 bits per heavy atom. The van der Waals surface area contributed by atoms with Gasteiger partial charge in [-0.2, -0.15) is 0 Å². The minimum Gasteiger partial charge on any atom is -0.508 e. The van der Waals surface area contributed by atoms with Gasteiger partial charge in [0.25, 0.3) is 5.91 Å². The summed E-state index contributed by atoms with van der Waals surface area (Å²) in [5, 5.41) is 15.2. The lowest BCUT2D eigenvalue weighted by Crippen LogP contribution is -2.36. The minimum absolute atomic E-state index is 0.0508. The lowest BCUT2D eigenvalue weighted by atomic mass is 9.95. The van der Waals surface area contributed by atoms with E-state index in [1.54, 1.807) is 12.1 Å². The Labute approximate surface area is 160 Å². The van der Waals surface area contributed by atoms with Gasteiger partial charge in [0.15, 0.2) is 0 Å². The van der Waals surface area contributed by atoms with Crippen molar-refractivity contribution < 1.29 is 14.7 Å². The van der Waals surface area contributed by atoms with Gasteiger partial charge in [-0.05, 0) is 55.2 Å². The standard InChI is InChI=1S/C20H21BrN2O3/c21-16-6-2-5-15(13-16)20(8-9-20)19(26)23-11-3-10-22-18(25)14-4-1-7-17(24)12-14/h1-2,4-7,12-13,24H,3,8-11H2,(H,22,25)(H,23,26). The number of halogens is 1. The molecule has 2 amide bonds. The molecule has 26 heavy (non-hydrogen) atoms. The van der Waals surface area contributed by atoms with E-state index in [1.807, 2.05) is 24.3 Å². The van der Waals surface area contributed by atoms with Gasteiger partial charge in [0.05, 0.1) is 5.41 Å². The lowest BCUT2D eigenvalue weighted by Gasteiger charge is -2.16. The highest BCUT2D eigenvalue weighted by Gasteiger charge is 2.51. The smallest absolute Gasteiger partial charge is 0.251 e. The fraction of sp³-hybridized carbons (Fsp3) is 0.300. The summed E-state index contributed by atoms with van der Waals surface area (Å²) in [4.78, 5) is 24.5. The van der Waals surface area contributed by atoms with Crippen LogP contribution in [-0.4, -0.2) is 30.0 Å². The van der Waals surface area contributed by atoms with Crippen LogP contribution < -0.4 is 10.6 Å². The summed E-state index contributed by atoms with van der Waals surface area (Å²) in [5.41, 5.74) is 1.07. The Bertz CT molecular complexity index is 818. The SMILES string of the molecule is O=C(NCCCNC(=O)C1(c2cccc(Br)c2)CC1)c1cccc(O)c1. The molecule has 0 aliphatic heterocycles. The second-order valence-corrected chi connectivity index (χ2v) is 7.42. The monoisotopic (exact) mass is 416 g/mol. The molecule has 0 atom stereocenters. The maximum absolute atomic E-state index is 12.6. The van der Waals surface area contributed by atoms with Gasteiger partial charge in [-0.25, -0.2) is 0 Å². The van der Waals surface area contributed by atoms with E-state index < -0.39 is 5.41 Å². The highest BCUT2D eigenvalue weighted by molar-refractivity contribution is 9.10. The summed E-state index contributed by atoms with van der Waals surface area (Å²) in [5.74, 6) is -0.123. The topological polar surface area (TPSA) is 78.4 Å². The van der Waals surface area contributed by atoms with Crippen LogP contribution in [0.1, 0.15) is 35.2 Å². The molecule has 0 saturated heterocycles. The lowest BCUT2D eigenvalue weighted by molar-refractivity contribution is -0.123. The van der Waals surface area contributed by atoms with Crippen LogP contribution in [0.25, 0.3) is 0 Å². The van der Waals surface area contributed by atoms with Gasteiger partial charge >= 0.3 is 0 Å². The molecule has 136 valence electrons. The molecule has 1 aliphatic rings. The third kappa shape index (κ3) is 4.25. The van der Waals surface area contributed by atoms with Crippen molar-refractivity contribution in [2.24, 2.45) is 0 Å². The molecule has 5 nitrogen and oxygen atoms in total. The molecular formula is C20H21BrN2O3. The third-order valence-electron chi connectivity index (χ3n) is 4.59. The molecule has 2 aromatic carbocycles. The zero-order valence-corrected chi connectivity index (χ0v) is 15.9. The van der Waals surface area contributed by atoms with Crippen molar-refractivity contribution in [2.45, 2.75) is 24.7 Å². The highest BCUT2D eigenvalue weighted by Crippen LogP contribution is 2.48. The fourth-order valence-corrected chi connectivity index (χ4v) is 3.37. The Kier molecular flexibility index (Phi) is 5.61. The van der Waals surface area contributed by atoms with Gasteiger partial charge in [0, 0.05) is 23.1 Å². The largest absolute Gasteiger partial charge is 0.508 e. The molecular weight excluding hydrogens is 396 g/mol. The highest BCUT2D eigenvalue weighted by atomic mass is 79.9. The van der Waals surface area contributed by atoms with Crippen LogP contribution in [0.3, 0.4) is 0 Å². The molecule has 1 aliphatic carbocycles. The van der Waals surface area contributed by atoms with Gasteiger partial charge in [-0.3, -0.25) is 9.59 Å². The molecule has 2 aromatic rings. The number of carbonyl (C=O) groups excluding carboxylic acids is 2. The van der Waals surface area contributed by atoms with Crippen molar-refractivity contribution in [2.75, 3.05) is 13.1 Å². The van der Waals surface area contributed by atoms with Crippen LogP contribution in [0.5, 0.6) is 5.75 Å². The van der Waals surface area contributed by atoms with Gasteiger partial charge in [0.2, 0.25) is 5.91 Å². The molecule has 0 bridgehead atoms. The normalized spacial score (nSPS) is 14.5. The number of hydrogen-bond acceptors (Lipinski definition) is 3. The second kappa shape index (κ2) is 7.91. The number of carbonyl (C=O) groups is 2. The number of rotatable bonds is 7. The first kappa shape index (κ1) is 18.5. The zero-order chi connectivity index (χ0) is 18.6. The van der Waals surface area contributed by atoms with Crippen molar-refractivity contribution in [3.8, 4) is 5.75 Å². The molecule has 6 heteroatoms. The average Bonchev–Trinajstić information content (AvgIpc) is 3.43. The zero-order valence-electron chi connectivity index (χ0n) is 14.3. The van der Waals surface area contributed by atoms with E-state index in [4.69, 9.17) is 0 Å². The quantitative estimate of drug-likeness (QED) is 0.606. The van der Waals surface area contributed by atoms with Gasteiger partial charge < -0.3 is 15.7 Å². The minimum atomic E-state index is -0.394. The first-order chi connectivity index (χ1) is 12.5. The van der Waals surface area contributed by atoms with Crippen molar-refractivity contribution in [3.05, 3.63) is 64.1 Å². The summed E-state index contributed by atoms with van der Waals surface area (Å²) in [7, 11) is 0. The number of nitrogens with one attached hydrogen (secondary N) is 2. The molecule has 0 unspecified atom stereocenters. The van der Waals surface area contributed by atoms with Crippen LogP contribution in [0.4, 0.5) is 0 Å². The third-order valence-corrected chi connectivity index (χ3v) is 5.09. The van der Waals surface area contributed by atoms with Crippen LogP contribution in [-0.2, 0) is 10.2 Å². The Balaban J connectivity index is 1.42. The van der Waals surface area contributed by atoms with E-state index in [0.717, 1.165) is 22.9 Å². The summed E-state index contributed by atoms with van der Waals surface area (Å²) in [6.45, 7) is 0.966. The van der Waals surface area contributed by atoms with Gasteiger partial charge in [-0.15, -0.1) is 0 Å². The first-order valence-electron chi connectivity index (χ1n) is 8.63. The van der Waals surface area contributed by atoms with Crippen molar-refractivity contribution in [3.63, 3.8) is 0 Å². The molecule has 3 N–H and O–H groups in total. The predicted molar refractivity (Wildman–Crippen MR) is 103 cm³/mol. The number of amides is 2. The van der Waals surface area contributed by atoms with E-state index in [1.165, 1.54) is 12.1 Å². The predicted octanol–water partition coefficient (Wildman–Crippen LogP) is 3.12. The summed E-state index contributed by atoms with van der Waals surface area (Å²) < 4.78 is 0.976. The molecule has 1 fully saturated rings. The van der Waals surface area contributed by atoms with Crippen LogP contribution >= 0.6 is 15.9 Å². The Morgan fingerprint density at radius 3 is 2.46 bits per heavy atom. The average molecular weight is 417 g/mol. The van der Waals surface area contributed by atoms with Crippen LogP contribution in [0.15, 0.2) is 53.0 Å². The first-order valence-corrected chi connectivity index (χ1v) is 9.42. The van der Waals surface area contributed by atoms with Crippen LogP contribution in [0.2, 0.25) is 0 Å². The summed E-state index contributed by atoms with van der Waals surface area (Å²) in [6.07, 6.45) is 2.37. The molecule has 1 saturated carbocycles. The fourth-order valence-electron chi connectivity index (χ4n) is 2.97. The molecule has 0 radical (unpaired) electrons. The Morgan fingerprint density at radius 2 is 1.77 bits per heavy atom. The van der Waals surface area contributed by atoms with E-state index >= 15 is 0 Å². The number of hydrogen-bond donors (Lipinski definition) is 3. The maximum Gasteiger partial charge on any atom is 0.251 e. The number of phenolic OH excluding ortho intramolecular Hbond substituents is 1. The summed E-state index contributed by atoms with van der Waals surface area (Å²) in [6, 6.07) is 14.1. The number of phenols is 1. The number of benzene rings is 2. The van der Waals surface area contributed by atoms with E-state index in [0.29, 0.717) is 25.1 Å². The maximum atomic E-state index is 12.6. The van der Waals surface area contributed by atoms with Crippen molar-refractivity contribution in [1.82, 2.24) is 10.6 Å². The summed E-state index contributed by atoms with van der Waals surface area (Å²) >= 11 is 3.45. The number of aromatic hydroxyl groups is 1. The van der Waals surface area contributed by atoms with E-state index in [2.05, 4.69) is 26.6 Å². The van der Waals surface area contributed by atoms with Gasteiger partial charge in [0.1, 0.15) is 5.75 Å². The molecule has 0 spiro atoms. The molecule has 0 aromatic heterocycles. The van der Waals surface area contributed by atoms with Crippen LogP contribution in [0, 0.1) is 0 Å². The molecule has 0 heterocycles. The van der Waals surface area contributed by atoms with Crippen molar-refractivity contribution >= 4 is 27.7 Å². The van der Waals surface area contributed by atoms with E-state index in [-0.39, 0.29) is 17.6 Å². The van der Waals surface area contributed by atoms with Gasteiger partial charge in [-0.1, -0.05) is 34.1 Å².